The van der Waals surface area contributed by atoms with Gasteiger partial charge in [0.1, 0.15) is 0 Å². The molecule has 96 valence electrons. The van der Waals surface area contributed by atoms with Crippen molar-refractivity contribution in [3.05, 3.63) is 0 Å². The Morgan fingerprint density at radius 1 is 1.44 bits per heavy atom. The first kappa shape index (κ1) is 13.9. The molecule has 0 aromatic rings. The normalized spacial score (nSPS) is 23.9. The third-order valence-corrected chi connectivity index (χ3v) is 4.21. The Hall–Kier alpha value is -0.130. The highest BCUT2D eigenvalue weighted by molar-refractivity contribution is 7.88. The molecule has 1 unspecified atom stereocenters. The van der Waals surface area contributed by atoms with Crippen LogP contribution in [-0.4, -0.2) is 45.2 Å². The molecular formula is C11H24N2O2S. The lowest BCUT2D eigenvalue weighted by Crippen LogP contribution is -2.42. The van der Waals surface area contributed by atoms with E-state index in [1.807, 2.05) is 0 Å². The van der Waals surface area contributed by atoms with Crippen molar-refractivity contribution in [1.82, 2.24) is 9.62 Å². The van der Waals surface area contributed by atoms with Gasteiger partial charge in [-0.05, 0) is 37.8 Å². The molecule has 1 aliphatic rings. The van der Waals surface area contributed by atoms with E-state index in [0.29, 0.717) is 24.9 Å². The minimum absolute atomic E-state index is 0.474. The number of rotatable bonds is 5. The van der Waals surface area contributed by atoms with Gasteiger partial charge in [-0.1, -0.05) is 13.8 Å². The fourth-order valence-electron chi connectivity index (χ4n) is 2.07. The predicted molar refractivity (Wildman–Crippen MR) is 66.8 cm³/mol. The van der Waals surface area contributed by atoms with Gasteiger partial charge < -0.3 is 5.32 Å². The van der Waals surface area contributed by atoms with E-state index >= 15 is 0 Å². The van der Waals surface area contributed by atoms with Crippen LogP contribution in [0.3, 0.4) is 0 Å². The monoisotopic (exact) mass is 248 g/mol. The van der Waals surface area contributed by atoms with Crippen molar-refractivity contribution >= 4 is 10.0 Å². The highest BCUT2D eigenvalue weighted by Gasteiger charge is 2.25. The zero-order chi connectivity index (χ0) is 12.2. The zero-order valence-corrected chi connectivity index (χ0v) is 11.4. The second-order valence-corrected chi connectivity index (χ2v) is 7.16. The Morgan fingerprint density at radius 3 is 2.69 bits per heavy atom. The molecule has 1 saturated heterocycles. The van der Waals surface area contributed by atoms with Crippen molar-refractivity contribution in [2.45, 2.75) is 26.7 Å². The van der Waals surface area contributed by atoms with Crippen molar-refractivity contribution in [3.63, 3.8) is 0 Å². The maximum atomic E-state index is 11.4. The zero-order valence-electron chi connectivity index (χ0n) is 10.6. The van der Waals surface area contributed by atoms with Gasteiger partial charge in [0.2, 0.25) is 10.0 Å². The lowest BCUT2D eigenvalue weighted by atomic mass is 9.99. The van der Waals surface area contributed by atoms with Gasteiger partial charge in [0, 0.05) is 13.1 Å². The Kier molecular flexibility index (Phi) is 5.21. The van der Waals surface area contributed by atoms with E-state index in [1.54, 1.807) is 4.31 Å². The first-order valence-corrected chi connectivity index (χ1v) is 7.90. The molecule has 0 radical (unpaired) electrons. The smallest absolute Gasteiger partial charge is 0.211 e. The van der Waals surface area contributed by atoms with E-state index < -0.39 is 10.0 Å². The quantitative estimate of drug-likeness (QED) is 0.786. The van der Waals surface area contributed by atoms with Crippen molar-refractivity contribution in [1.29, 1.82) is 0 Å². The summed E-state index contributed by atoms with van der Waals surface area (Å²) in [7, 11) is -2.99. The molecule has 16 heavy (non-hydrogen) atoms. The Morgan fingerprint density at radius 2 is 2.12 bits per heavy atom. The average Bonchev–Trinajstić information content (AvgIpc) is 2.16. The van der Waals surface area contributed by atoms with E-state index in [2.05, 4.69) is 19.2 Å². The highest BCUT2D eigenvalue weighted by atomic mass is 32.2. The molecule has 0 aromatic carbocycles. The summed E-state index contributed by atoms with van der Waals surface area (Å²) in [6.07, 6.45) is 3.43. The minimum Gasteiger partial charge on any atom is -0.316 e. The molecule has 0 saturated carbocycles. The average molecular weight is 248 g/mol. The fraction of sp³-hybridized carbons (Fsp3) is 1.00. The number of nitrogens with zero attached hydrogens (tertiary/aromatic N) is 1. The number of hydrogen-bond acceptors (Lipinski definition) is 3. The first-order valence-electron chi connectivity index (χ1n) is 6.05. The van der Waals surface area contributed by atoms with Crippen LogP contribution in [0.5, 0.6) is 0 Å². The van der Waals surface area contributed by atoms with E-state index in [-0.39, 0.29) is 0 Å². The van der Waals surface area contributed by atoms with Crippen molar-refractivity contribution in [2.75, 3.05) is 32.4 Å². The molecule has 1 heterocycles. The van der Waals surface area contributed by atoms with Gasteiger partial charge >= 0.3 is 0 Å². The largest absolute Gasteiger partial charge is 0.316 e. The summed E-state index contributed by atoms with van der Waals surface area (Å²) in [5, 5.41) is 3.41. The molecule has 5 heteroatoms. The molecule has 0 spiro atoms. The topological polar surface area (TPSA) is 49.4 Å². The van der Waals surface area contributed by atoms with E-state index in [9.17, 15) is 8.42 Å². The van der Waals surface area contributed by atoms with Crippen LogP contribution in [-0.2, 0) is 10.0 Å². The third kappa shape index (κ3) is 4.80. The van der Waals surface area contributed by atoms with Crippen LogP contribution < -0.4 is 5.32 Å². The molecule has 1 N–H and O–H groups in total. The lowest BCUT2D eigenvalue weighted by molar-refractivity contribution is 0.259. The van der Waals surface area contributed by atoms with Gasteiger partial charge in [0.05, 0.1) is 6.26 Å². The molecule has 0 aromatic heterocycles. The Balaban J connectivity index is 2.34. The summed E-state index contributed by atoms with van der Waals surface area (Å²) >= 11 is 0. The van der Waals surface area contributed by atoms with Gasteiger partial charge in [0.15, 0.2) is 0 Å². The van der Waals surface area contributed by atoms with Crippen LogP contribution in [0.2, 0.25) is 0 Å². The summed E-state index contributed by atoms with van der Waals surface area (Å²) in [5.74, 6) is 1.12. The van der Waals surface area contributed by atoms with Gasteiger partial charge in [-0.2, -0.15) is 0 Å². The van der Waals surface area contributed by atoms with Crippen molar-refractivity contribution in [2.24, 2.45) is 11.8 Å². The van der Waals surface area contributed by atoms with Crippen LogP contribution in [0.25, 0.3) is 0 Å². The maximum Gasteiger partial charge on any atom is 0.211 e. The summed E-state index contributed by atoms with van der Waals surface area (Å²) in [4.78, 5) is 0. The van der Waals surface area contributed by atoms with E-state index in [1.165, 1.54) is 6.26 Å². The molecule has 1 fully saturated rings. The minimum atomic E-state index is -2.99. The molecule has 4 nitrogen and oxygen atoms in total. The second kappa shape index (κ2) is 5.98. The SMILES string of the molecule is CC(C)CNCC1CCCN(S(C)(=O)=O)C1. The summed E-state index contributed by atoms with van der Waals surface area (Å²) in [6, 6.07) is 0. The van der Waals surface area contributed by atoms with Crippen LogP contribution in [0, 0.1) is 11.8 Å². The van der Waals surface area contributed by atoms with Gasteiger partial charge in [-0.15, -0.1) is 0 Å². The number of sulfonamides is 1. The molecule has 0 bridgehead atoms. The van der Waals surface area contributed by atoms with E-state index in [4.69, 9.17) is 0 Å². The van der Waals surface area contributed by atoms with Crippen LogP contribution >= 0.6 is 0 Å². The molecular weight excluding hydrogens is 224 g/mol. The van der Waals surface area contributed by atoms with Crippen LogP contribution in [0.15, 0.2) is 0 Å². The summed E-state index contributed by atoms with van der Waals surface area (Å²) in [6.45, 7) is 7.68. The molecule has 0 amide bonds. The van der Waals surface area contributed by atoms with Crippen LogP contribution in [0.1, 0.15) is 26.7 Å². The number of hydrogen-bond donors (Lipinski definition) is 1. The van der Waals surface area contributed by atoms with Gasteiger partial charge in [0.25, 0.3) is 0 Å². The number of piperidine rings is 1. The van der Waals surface area contributed by atoms with Gasteiger partial charge in [-0.25, -0.2) is 12.7 Å². The van der Waals surface area contributed by atoms with Crippen molar-refractivity contribution in [3.8, 4) is 0 Å². The first-order chi connectivity index (χ1) is 7.39. The Labute approximate surface area is 99.5 Å². The van der Waals surface area contributed by atoms with Gasteiger partial charge in [-0.3, -0.25) is 0 Å². The van der Waals surface area contributed by atoms with Crippen molar-refractivity contribution < 1.29 is 8.42 Å². The fourth-order valence-corrected chi connectivity index (χ4v) is 3.01. The third-order valence-electron chi connectivity index (χ3n) is 2.94. The molecule has 0 aliphatic carbocycles. The predicted octanol–water partition coefficient (Wildman–Crippen LogP) is 0.904. The molecule has 1 rings (SSSR count). The maximum absolute atomic E-state index is 11.4. The standard InChI is InChI=1S/C11H24N2O2S/c1-10(2)7-12-8-11-5-4-6-13(9-11)16(3,14)15/h10-12H,4-9H2,1-3H3. The lowest BCUT2D eigenvalue weighted by Gasteiger charge is -2.31. The highest BCUT2D eigenvalue weighted by Crippen LogP contribution is 2.17. The summed E-state index contributed by atoms with van der Waals surface area (Å²) in [5.41, 5.74) is 0. The molecule has 1 aliphatic heterocycles. The second-order valence-electron chi connectivity index (χ2n) is 5.18. The van der Waals surface area contributed by atoms with Crippen LogP contribution in [0.4, 0.5) is 0 Å². The summed E-state index contributed by atoms with van der Waals surface area (Å²) < 4.78 is 24.4. The molecule has 1 atom stereocenters. The van der Waals surface area contributed by atoms with E-state index in [0.717, 1.165) is 25.9 Å². The Bertz CT molecular complexity index is 301. The number of nitrogens with one attached hydrogen (secondary N) is 1.